The minimum absolute atomic E-state index is 0.00217. The predicted molar refractivity (Wildman–Crippen MR) is 105 cm³/mol. The molecule has 1 aliphatic rings. The molecule has 25 heavy (non-hydrogen) atoms. The molecule has 1 aliphatic heterocycles. The van der Waals surface area contributed by atoms with Gasteiger partial charge in [-0.25, -0.2) is 0 Å². The summed E-state index contributed by atoms with van der Waals surface area (Å²) in [5.41, 5.74) is 1.51. The molecule has 0 aromatic heterocycles. The quantitative estimate of drug-likeness (QED) is 0.423. The summed E-state index contributed by atoms with van der Waals surface area (Å²) in [6, 6.07) is 12.0. The first-order chi connectivity index (χ1) is 12.0. The van der Waals surface area contributed by atoms with Crippen molar-refractivity contribution in [1.82, 2.24) is 5.32 Å². The van der Waals surface area contributed by atoms with Crippen LogP contribution in [0.1, 0.15) is 10.4 Å². The Kier molecular flexibility index (Phi) is 5.49. The zero-order valence-electron chi connectivity index (χ0n) is 13.4. The highest BCUT2D eigenvalue weighted by Crippen LogP contribution is 2.31. The fourth-order valence-electron chi connectivity index (χ4n) is 2.75. The smallest absolute Gasteiger partial charge is 0.294 e. The van der Waals surface area contributed by atoms with Gasteiger partial charge in [-0.3, -0.25) is 14.9 Å². The van der Waals surface area contributed by atoms with Crippen LogP contribution < -0.4 is 15.5 Å². The van der Waals surface area contributed by atoms with Gasteiger partial charge in [0.15, 0.2) is 0 Å². The summed E-state index contributed by atoms with van der Waals surface area (Å²) in [6.45, 7) is 3.02. The molecule has 1 fully saturated rings. The van der Waals surface area contributed by atoms with Gasteiger partial charge >= 0.3 is 0 Å². The maximum absolute atomic E-state index is 12.3. The van der Waals surface area contributed by atoms with E-state index in [9.17, 15) is 14.9 Å². The Hall–Kier alpha value is -2.20. The number of nitrogens with zero attached hydrogens (tertiary/aromatic N) is 2. The molecule has 8 heteroatoms. The predicted octanol–water partition coefficient (Wildman–Crippen LogP) is 2.86. The summed E-state index contributed by atoms with van der Waals surface area (Å²) in [7, 11) is 0. The van der Waals surface area contributed by atoms with Crippen LogP contribution in [-0.2, 0) is 0 Å². The van der Waals surface area contributed by atoms with E-state index >= 15 is 0 Å². The number of piperazine rings is 1. The Bertz CT molecular complexity index is 806. The van der Waals surface area contributed by atoms with Crippen LogP contribution in [0, 0.1) is 13.7 Å². The molecule has 0 atom stereocenters. The standard InChI is InChI=1S/C17H17IN4O3/c18-13-3-1-2-12(10-13)17(23)20-14-4-5-15(16(11-14)22(24)25)21-8-6-19-7-9-21/h1-5,10-11,19H,6-9H2,(H,20,23). The van der Waals surface area contributed by atoms with Gasteiger partial charge in [-0.15, -0.1) is 0 Å². The lowest BCUT2D eigenvalue weighted by molar-refractivity contribution is -0.384. The van der Waals surface area contributed by atoms with Gasteiger partial charge in [-0.1, -0.05) is 6.07 Å². The van der Waals surface area contributed by atoms with Gasteiger partial charge in [0.25, 0.3) is 11.6 Å². The van der Waals surface area contributed by atoms with Crippen LogP contribution in [0.15, 0.2) is 42.5 Å². The summed E-state index contributed by atoms with van der Waals surface area (Å²) in [5, 5.41) is 17.4. The Balaban J connectivity index is 1.84. The minimum Gasteiger partial charge on any atom is -0.363 e. The monoisotopic (exact) mass is 452 g/mol. The summed E-state index contributed by atoms with van der Waals surface area (Å²) in [4.78, 5) is 25.4. The Morgan fingerprint density at radius 3 is 2.64 bits per heavy atom. The van der Waals surface area contributed by atoms with Crippen molar-refractivity contribution in [3.63, 3.8) is 0 Å². The molecule has 0 bridgehead atoms. The first-order valence-corrected chi connectivity index (χ1v) is 8.93. The zero-order valence-corrected chi connectivity index (χ0v) is 15.5. The van der Waals surface area contributed by atoms with Crippen molar-refractivity contribution in [3.05, 3.63) is 61.7 Å². The van der Waals surface area contributed by atoms with E-state index in [4.69, 9.17) is 0 Å². The van der Waals surface area contributed by atoms with E-state index in [1.165, 1.54) is 6.07 Å². The van der Waals surface area contributed by atoms with Gasteiger partial charge < -0.3 is 15.5 Å². The number of rotatable bonds is 4. The molecule has 0 saturated carbocycles. The number of amides is 1. The second-order valence-corrected chi connectivity index (χ2v) is 6.91. The van der Waals surface area contributed by atoms with Gasteiger partial charge in [-0.05, 0) is 52.9 Å². The molecule has 2 aromatic rings. The number of nitro benzene ring substituents is 1. The second-order valence-electron chi connectivity index (χ2n) is 5.66. The van der Waals surface area contributed by atoms with E-state index in [-0.39, 0.29) is 11.6 Å². The number of nitrogens with one attached hydrogen (secondary N) is 2. The fraction of sp³-hybridized carbons (Fsp3) is 0.235. The SMILES string of the molecule is O=C(Nc1ccc(N2CCNCC2)c([N+](=O)[O-])c1)c1cccc(I)c1. The molecule has 0 unspecified atom stereocenters. The molecule has 2 N–H and O–H groups in total. The van der Waals surface area contributed by atoms with Gasteiger partial charge in [0, 0.05) is 47.1 Å². The lowest BCUT2D eigenvalue weighted by Gasteiger charge is -2.29. The molecule has 0 aliphatic carbocycles. The van der Waals surface area contributed by atoms with Gasteiger partial charge in [0.05, 0.1) is 4.92 Å². The third-order valence-corrected chi connectivity index (χ3v) is 4.65. The van der Waals surface area contributed by atoms with E-state index < -0.39 is 4.92 Å². The maximum atomic E-state index is 12.3. The van der Waals surface area contributed by atoms with Crippen molar-refractivity contribution >= 4 is 45.6 Å². The van der Waals surface area contributed by atoms with Crippen LogP contribution >= 0.6 is 22.6 Å². The van der Waals surface area contributed by atoms with Crippen LogP contribution in [0.4, 0.5) is 17.1 Å². The summed E-state index contributed by atoms with van der Waals surface area (Å²) >= 11 is 2.13. The molecule has 7 nitrogen and oxygen atoms in total. The van der Waals surface area contributed by atoms with E-state index in [2.05, 4.69) is 33.2 Å². The maximum Gasteiger partial charge on any atom is 0.294 e. The minimum atomic E-state index is -0.404. The number of hydrogen-bond acceptors (Lipinski definition) is 5. The zero-order chi connectivity index (χ0) is 17.8. The Morgan fingerprint density at radius 2 is 1.96 bits per heavy atom. The summed E-state index contributed by atoms with van der Waals surface area (Å²) < 4.78 is 0.949. The largest absolute Gasteiger partial charge is 0.363 e. The number of hydrogen-bond donors (Lipinski definition) is 2. The fourth-order valence-corrected chi connectivity index (χ4v) is 3.30. The van der Waals surface area contributed by atoms with E-state index in [1.807, 2.05) is 11.0 Å². The van der Waals surface area contributed by atoms with Crippen molar-refractivity contribution in [2.24, 2.45) is 0 Å². The highest BCUT2D eigenvalue weighted by Gasteiger charge is 2.22. The summed E-state index contributed by atoms with van der Waals surface area (Å²) in [6.07, 6.45) is 0. The summed E-state index contributed by atoms with van der Waals surface area (Å²) in [5.74, 6) is -0.289. The van der Waals surface area contributed by atoms with Gasteiger partial charge in [0.1, 0.15) is 5.69 Å². The number of carbonyl (C=O) groups is 1. The number of nitro groups is 1. The molecule has 1 saturated heterocycles. The molecule has 1 heterocycles. The van der Waals surface area contributed by atoms with Crippen molar-refractivity contribution in [2.45, 2.75) is 0 Å². The first-order valence-electron chi connectivity index (χ1n) is 7.85. The van der Waals surface area contributed by atoms with Crippen LogP contribution in [0.2, 0.25) is 0 Å². The lowest BCUT2D eigenvalue weighted by Crippen LogP contribution is -2.43. The highest BCUT2D eigenvalue weighted by atomic mass is 127. The van der Waals surface area contributed by atoms with Crippen LogP contribution in [0.25, 0.3) is 0 Å². The molecular weight excluding hydrogens is 435 g/mol. The number of carbonyl (C=O) groups excluding carboxylic acids is 1. The van der Waals surface area contributed by atoms with Crippen LogP contribution in [0.3, 0.4) is 0 Å². The van der Waals surface area contributed by atoms with Crippen molar-refractivity contribution in [3.8, 4) is 0 Å². The normalized spacial score (nSPS) is 14.2. The first kappa shape index (κ1) is 17.6. The Morgan fingerprint density at radius 1 is 1.20 bits per heavy atom. The Labute approximate surface area is 158 Å². The third kappa shape index (κ3) is 4.26. The van der Waals surface area contributed by atoms with E-state index in [0.29, 0.717) is 16.9 Å². The number of halogens is 1. The topological polar surface area (TPSA) is 87.5 Å². The highest BCUT2D eigenvalue weighted by molar-refractivity contribution is 14.1. The van der Waals surface area contributed by atoms with Crippen LogP contribution in [-0.4, -0.2) is 37.0 Å². The molecule has 130 valence electrons. The van der Waals surface area contributed by atoms with E-state index in [0.717, 1.165) is 29.7 Å². The van der Waals surface area contributed by atoms with E-state index in [1.54, 1.807) is 30.3 Å². The average Bonchev–Trinajstić information content (AvgIpc) is 2.62. The molecule has 1 amide bonds. The van der Waals surface area contributed by atoms with Gasteiger partial charge in [0.2, 0.25) is 0 Å². The molecule has 2 aromatic carbocycles. The molecule has 0 radical (unpaired) electrons. The number of anilines is 2. The number of benzene rings is 2. The lowest BCUT2D eigenvalue weighted by atomic mass is 10.1. The molecular formula is C17H17IN4O3. The van der Waals surface area contributed by atoms with Crippen molar-refractivity contribution < 1.29 is 9.72 Å². The van der Waals surface area contributed by atoms with Crippen LogP contribution in [0.5, 0.6) is 0 Å². The average molecular weight is 452 g/mol. The third-order valence-electron chi connectivity index (χ3n) is 3.97. The van der Waals surface area contributed by atoms with Crippen molar-refractivity contribution in [1.29, 1.82) is 0 Å². The van der Waals surface area contributed by atoms with Gasteiger partial charge in [-0.2, -0.15) is 0 Å². The second kappa shape index (κ2) is 7.79. The molecule has 0 spiro atoms. The molecule has 3 rings (SSSR count). The van der Waals surface area contributed by atoms with Crippen molar-refractivity contribution in [2.75, 3.05) is 36.4 Å².